The lowest BCUT2D eigenvalue weighted by atomic mass is 10.1. The van der Waals surface area contributed by atoms with Crippen LogP contribution in [0.3, 0.4) is 0 Å². The van der Waals surface area contributed by atoms with Gasteiger partial charge in [-0.15, -0.1) is 0 Å². The van der Waals surface area contributed by atoms with E-state index in [1.807, 2.05) is 42.5 Å². The molecule has 2 aromatic rings. The average Bonchev–Trinajstić information content (AvgIpc) is 2.37. The van der Waals surface area contributed by atoms with Crippen molar-refractivity contribution in [3.8, 4) is 0 Å². The maximum atomic E-state index is 11.8. The number of benzene rings is 2. The Morgan fingerprint density at radius 1 is 1.11 bits per heavy atom. The Labute approximate surface area is 108 Å². The minimum absolute atomic E-state index is 0.0443. The number of carboxylic acids is 1. The van der Waals surface area contributed by atoms with Crippen molar-refractivity contribution < 1.29 is 14.1 Å². The Bertz CT molecular complexity index is 587. The molecule has 1 N–H and O–H groups in total. The van der Waals surface area contributed by atoms with Gasteiger partial charge in [-0.2, -0.15) is 0 Å². The van der Waals surface area contributed by atoms with E-state index in [9.17, 15) is 9.00 Å². The summed E-state index contributed by atoms with van der Waals surface area (Å²) in [6, 6.07) is 13.8. The Balaban J connectivity index is 2.16. The fraction of sp³-hybridized carbons (Fsp3) is 0.214. The summed E-state index contributed by atoms with van der Waals surface area (Å²) < 4.78 is 11.8. The summed E-state index contributed by atoms with van der Waals surface area (Å²) in [5, 5.41) is 10.8. The van der Waals surface area contributed by atoms with Crippen LogP contribution in [0.1, 0.15) is 12.0 Å². The van der Waals surface area contributed by atoms with Crippen LogP contribution in [0.2, 0.25) is 0 Å². The van der Waals surface area contributed by atoms with E-state index in [1.54, 1.807) is 0 Å². The highest BCUT2D eigenvalue weighted by Crippen LogP contribution is 2.19. The van der Waals surface area contributed by atoms with Gasteiger partial charge in [-0.3, -0.25) is 9.00 Å². The Hall–Kier alpha value is -1.68. The highest BCUT2D eigenvalue weighted by Gasteiger charge is 2.07. The van der Waals surface area contributed by atoms with Crippen molar-refractivity contribution in [3.63, 3.8) is 0 Å². The fourth-order valence-corrected chi connectivity index (χ4v) is 3.01. The van der Waals surface area contributed by atoms with Gasteiger partial charge >= 0.3 is 5.97 Å². The molecule has 0 heterocycles. The van der Waals surface area contributed by atoms with Gasteiger partial charge in [0.2, 0.25) is 0 Å². The maximum Gasteiger partial charge on any atom is 0.304 e. The van der Waals surface area contributed by atoms with Gasteiger partial charge in [0.05, 0.1) is 6.42 Å². The van der Waals surface area contributed by atoms with E-state index >= 15 is 0 Å². The van der Waals surface area contributed by atoms with Crippen LogP contribution in [0.25, 0.3) is 10.8 Å². The SMILES string of the molecule is O=C(O)CCS(=O)Cc1cccc2ccccc12. The molecule has 0 saturated carbocycles. The van der Waals surface area contributed by atoms with Crippen molar-refractivity contribution in [1.82, 2.24) is 0 Å². The van der Waals surface area contributed by atoms with E-state index in [0.717, 1.165) is 16.3 Å². The van der Waals surface area contributed by atoms with Crippen LogP contribution in [0.5, 0.6) is 0 Å². The summed E-state index contributed by atoms with van der Waals surface area (Å²) in [7, 11) is -1.13. The zero-order valence-corrected chi connectivity index (χ0v) is 10.7. The predicted molar refractivity (Wildman–Crippen MR) is 72.9 cm³/mol. The first kappa shape index (κ1) is 12.8. The second-order valence-electron chi connectivity index (χ2n) is 4.07. The lowest BCUT2D eigenvalue weighted by Crippen LogP contribution is -2.06. The normalized spacial score (nSPS) is 12.4. The molecule has 94 valence electrons. The molecule has 0 bridgehead atoms. The first-order valence-corrected chi connectivity index (χ1v) is 7.19. The van der Waals surface area contributed by atoms with Gasteiger partial charge in [-0.25, -0.2) is 0 Å². The van der Waals surface area contributed by atoms with Gasteiger partial charge in [0, 0.05) is 22.3 Å². The lowest BCUT2D eigenvalue weighted by Gasteiger charge is -2.06. The topological polar surface area (TPSA) is 54.4 Å². The number of carbonyl (C=O) groups is 1. The molecule has 4 heteroatoms. The van der Waals surface area contributed by atoms with Crippen LogP contribution >= 0.6 is 0 Å². The number of rotatable bonds is 5. The number of hydrogen-bond donors (Lipinski definition) is 1. The van der Waals surface area contributed by atoms with E-state index in [1.165, 1.54) is 0 Å². The molecule has 18 heavy (non-hydrogen) atoms. The van der Waals surface area contributed by atoms with E-state index in [4.69, 9.17) is 5.11 Å². The smallest absolute Gasteiger partial charge is 0.304 e. The van der Waals surface area contributed by atoms with Crippen molar-refractivity contribution in [1.29, 1.82) is 0 Å². The monoisotopic (exact) mass is 262 g/mol. The standard InChI is InChI=1S/C14H14O3S/c15-14(16)8-9-18(17)10-12-6-3-5-11-4-1-2-7-13(11)12/h1-7H,8-10H2,(H,15,16). The summed E-state index contributed by atoms with van der Waals surface area (Å²) in [6.07, 6.45) is -0.0443. The van der Waals surface area contributed by atoms with Gasteiger partial charge in [0.25, 0.3) is 0 Å². The first-order valence-electron chi connectivity index (χ1n) is 5.70. The molecule has 3 nitrogen and oxygen atoms in total. The summed E-state index contributed by atoms with van der Waals surface area (Å²) in [4.78, 5) is 10.4. The molecule has 0 amide bonds. The van der Waals surface area contributed by atoms with Crippen LogP contribution in [0.15, 0.2) is 42.5 Å². The molecule has 1 unspecified atom stereocenters. The Morgan fingerprint density at radius 2 is 1.83 bits per heavy atom. The summed E-state index contributed by atoms with van der Waals surface area (Å²) in [5.41, 5.74) is 1.01. The average molecular weight is 262 g/mol. The largest absolute Gasteiger partial charge is 0.481 e. The van der Waals surface area contributed by atoms with E-state index in [2.05, 4.69) is 0 Å². The maximum absolute atomic E-state index is 11.8. The third-order valence-electron chi connectivity index (χ3n) is 2.74. The molecule has 0 spiro atoms. The minimum atomic E-state index is -1.13. The highest BCUT2D eigenvalue weighted by atomic mass is 32.2. The number of aliphatic carboxylic acids is 1. The third-order valence-corrected chi connectivity index (χ3v) is 4.03. The Kier molecular flexibility index (Phi) is 4.10. The zero-order valence-electron chi connectivity index (χ0n) is 9.83. The van der Waals surface area contributed by atoms with E-state index in [0.29, 0.717) is 5.75 Å². The Morgan fingerprint density at radius 3 is 2.61 bits per heavy atom. The molecular weight excluding hydrogens is 248 g/mol. The number of hydrogen-bond acceptors (Lipinski definition) is 2. The summed E-state index contributed by atoms with van der Waals surface area (Å²) >= 11 is 0. The van der Waals surface area contributed by atoms with Crippen molar-refractivity contribution in [2.75, 3.05) is 5.75 Å². The van der Waals surface area contributed by atoms with Gasteiger partial charge in [-0.05, 0) is 16.3 Å². The van der Waals surface area contributed by atoms with E-state index in [-0.39, 0.29) is 12.2 Å². The highest BCUT2D eigenvalue weighted by molar-refractivity contribution is 7.84. The van der Waals surface area contributed by atoms with Crippen LogP contribution in [-0.4, -0.2) is 21.0 Å². The molecule has 0 aliphatic heterocycles. The summed E-state index contributed by atoms with van der Waals surface area (Å²) in [6.45, 7) is 0. The quantitative estimate of drug-likeness (QED) is 0.901. The molecule has 0 aliphatic rings. The minimum Gasteiger partial charge on any atom is -0.481 e. The van der Waals surface area contributed by atoms with Crippen molar-refractivity contribution in [2.45, 2.75) is 12.2 Å². The summed E-state index contributed by atoms with van der Waals surface area (Å²) in [5.74, 6) is -0.283. The molecule has 0 fully saturated rings. The van der Waals surface area contributed by atoms with Gasteiger partial charge in [-0.1, -0.05) is 42.5 Å². The first-order chi connectivity index (χ1) is 8.66. The number of carboxylic acid groups (broad SMARTS) is 1. The third kappa shape index (κ3) is 3.17. The second-order valence-corrected chi connectivity index (χ2v) is 5.65. The molecule has 2 rings (SSSR count). The predicted octanol–water partition coefficient (Wildman–Crippen LogP) is 2.56. The molecule has 2 aromatic carbocycles. The van der Waals surface area contributed by atoms with Crippen LogP contribution in [0.4, 0.5) is 0 Å². The molecule has 1 atom stereocenters. The van der Waals surface area contributed by atoms with Gasteiger partial charge in [0.1, 0.15) is 0 Å². The molecule has 0 aliphatic carbocycles. The lowest BCUT2D eigenvalue weighted by molar-refractivity contribution is -0.136. The van der Waals surface area contributed by atoms with Crippen LogP contribution < -0.4 is 0 Å². The molecule has 0 saturated heterocycles. The van der Waals surface area contributed by atoms with Crippen molar-refractivity contribution in [3.05, 3.63) is 48.0 Å². The van der Waals surface area contributed by atoms with Crippen molar-refractivity contribution in [2.24, 2.45) is 0 Å². The van der Waals surface area contributed by atoms with Gasteiger partial charge in [0.15, 0.2) is 0 Å². The van der Waals surface area contributed by atoms with E-state index < -0.39 is 16.8 Å². The zero-order chi connectivity index (χ0) is 13.0. The van der Waals surface area contributed by atoms with Gasteiger partial charge < -0.3 is 5.11 Å². The van der Waals surface area contributed by atoms with Crippen LogP contribution in [0, 0.1) is 0 Å². The van der Waals surface area contributed by atoms with Crippen LogP contribution in [-0.2, 0) is 21.3 Å². The van der Waals surface area contributed by atoms with Crippen molar-refractivity contribution >= 4 is 27.5 Å². The second kappa shape index (κ2) is 5.78. The molecule has 0 aromatic heterocycles. The molecule has 0 radical (unpaired) electrons. The number of fused-ring (bicyclic) bond motifs is 1. The molecular formula is C14H14O3S. The fourth-order valence-electron chi connectivity index (χ4n) is 1.87.